The first-order chi connectivity index (χ1) is 25.3. The summed E-state index contributed by atoms with van der Waals surface area (Å²) in [7, 11) is 0. The Balaban J connectivity index is 1.35. The number of nitrogens with two attached hydrogens (primary N) is 1. The van der Waals surface area contributed by atoms with Crippen LogP contribution in [0.2, 0.25) is 0 Å². The van der Waals surface area contributed by atoms with Crippen molar-refractivity contribution in [3.63, 3.8) is 0 Å². The third-order valence-corrected chi connectivity index (χ3v) is 10.4. The van der Waals surface area contributed by atoms with Crippen LogP contribution in [0.1, 0.15) is 100 Å². The Labute approximate surface area is 305 Å². The van der Waals surface area contributed by atoms with Crippen LogP contribution < -0.4 is 27.0 Å². The molecule has 0 saturated heterocycles. The molecule has 14 heteroatoms. The Morgan fingerprint density at radius 1 is 0.827 bits per heavy atom. The number of rotatable bonds is 20. The average molecular weight is 718 g/mol. The van der Waals surface area contributed by atoms with Crippen LogP contribution in [0.4, 0.5) is 0 Å². The van der Waals surface area contributed by atoms with Crippen molar-refractivity contribution < 1.29 is 24.3 Å². The van der Waals surface area contributed by atoms with E-state index in [1.54, 1.807) is 18.6 Å². The van der Waals surface area contributed by atoms with Gasteiger partial charge in [-0.05, 0) is 56.6 Å². The minimum absolute atomic E-state index is 0.0930. The standard InChI is InChI=1S/C38H55N9O5/c39-17-8-7-16-29(44-35(49)27-14-9-15-27)36(50)46-31(21-26-12-5-2-6-13-26)37(51)47-32(22-28-23-40-24-43-28)38(52)45-30(20-25-10-3-1-4-11-25)33(48)34-41-18-19-42-34/h2,5-6,12-13,18-19,23-25,27,29-33,48H,1,3-4,7-11,14-17,20-22,39H2,(H,40,43)(H,41,42)(H,44,49)(H,45,52)(H,46,50)(H,47,51)/t29-,30?,31-,32-,33?/m0/s1. The number of amides is 4. The highest BCUT2D eigenvalue weighted by Crippen LogP contribution is 2.30. The van der Waals surface area contributed by atoms with Crippen molar-refractivity contribution in [3.05, 3.63) is 72.3 Å². The van der Waals surface area contributed by atoms with Crippen LogP contribution in [0, 0.1) is 11.8 Å². The fraction of sp³-hybridized carbons (Fsp3) is 0.579. The molecule has 0 bridgehead atoms. The number of benzene rings is 1. The van der Waals surface area contributed by atoms with E-state index in [0.717, 1.165) is 50.5 Å². The van der Waals surface area contributed by atoms with E-state index in [2.05, 4.69) is 41.2 Å². The lowest BCUT2D eigenvalue weighted by atomic mass is 9.83. The highest BCUT2D eigenvalue weighted by Gasteiger charge is 2.35. The first-order valence-electron chi connectivity index (χ1n) is 18.9. The number of carbonyl (C=O) groups excluding carboxylic acids is 4. The van der Waals surface area contributed by atoms with E-state index >= 15 is 0 Å². The molecule has 2 fully saturated rings. The molecule has 3 aromatic rings. The second-order valence-corrected chi connectivity index (χ2v) is 14.3. The molecule has 2 heterocycles. The lowest BCUT2D eigenvalue weighted by molar-refractivity contribution is -0.135. The molecule has 52 heavy (non-hydrogen) atoms. The molecule has 14 nitrogen and oxygen atoms in total. The maximum Gasteiger partial charge on any atom is 0.243 e. The van der Waals surface area contributed by atoms with E-state index in [0.29, 0.717) is 49.7 Å². The average Bonchev–Trinajstić information content (AvgIpc) is 3.86. The van der Waals surface area contributed by atoms with Crippen molar-refractivity contribution in [3.8, 4) is 0 Å². The monoisotopic (exact) mass is 717 g/mol. The SMILES string of the molecule is NCCCC[C@H](NC(=O)C1CCC1)C(=O)N[C@@H](Cc1ccccc1)C(=O)N[C@@H](Cc1cnc[nH]1)C(=O)NC(CC1CCCCC1)C(O)c1ncc[nH]1. The molecule has 282 valence electrons. The Morgan fingerprint density at radius 3 is 2.17 bits per heavy atom. The van der Waals surface area contributed by atoms with Gasteiger partial charge in [0.15, 0.2) is 0 Å². The lowest BCUT2D eigenvalue weighted by Crippen LogP contribution is -2.59. The number of hydrogen-bond acceptors (Lipinski definition) is 8. The molecular weight excluding hydrogens is 662 g/mol. The van der Waals surface area contributed by atoms with E-state index in [1.165, 1.54) is 12.7 Å². The Hall–Kier alpha value is -4.56. The van der Waals surface area contributed by atoms with E-state index in [9.17, 15) is 24.3 Å². The van der Waals surface area contributed by atoms with Crippen LogP contribution >= 0.6 is 0 Å². The summed E-state index contributed by atoms with van der Waals surface area (Å²) in [4.78, 5) is 69.4. The second-order valence-electron chi connectivity index (χ2n) is 14.3. The zero-order chi connectivity index (χ0) is 36.7. The summed E-state index contributed by atoms with van der Waals surface area (Å²) < 4.78 is 0. The molecule has 2 aromatic heterocycles. The van der Waals surface area contributed by atoms with Gasteiger partial charge < -0.3 is 42.1 Å². The van der Waals surface area contributed by atoms with Gasteiger partial charge >= 0.3 is 0 Å². The van der Waals surface area contributed by atoms with Gasteiger partial charge in [0.2, 0.25) is 23.6 Å². The zero-order valence-electron chi connectivity index (χ0n) is 29.9. The summed E-state index contributed by atoms with van der Waals surface area (Å²) in [5.41, 5.74) is 7.15. The number of H-pyrrole nitrogens is 2. The first kappa shape index (κ1) is 38.7. The summed E-state index contributed by atoms with van der Waals surface area (Å²) in [5, 5.41) is 23.2. The third-order valence-electron chi connectivity index (χ3n) is 10.4. The molecule has 9 N–H and O–H groups in total. The van der Waals surface area contributed by atoms with Crippen molar-refractivity contribution in [2.75, 3.05) is 6.54 Å². The quantitative estimate of drug-likeness (QED) is 0.0810. The minimum atomic E-state index is -1.08. The number of aliphatic hydroxyl groups is 1. The van der Waals surface area contributed by atoms with Crippen molar-refractivity contribution in [1.82, 2.24) is 41.2 Å². The van der Waals surface area contributed by atoms with Crippen LogP contribution in [0.3, 0.4) is 0 Å². The maximum absolute atomic E-state index is 14.2. The third kappa shape index (κ3) is 11.5. The van der Waals surface area contributed by atoms with Gasteiger partial charge in [-0.1, -0.05) is 68.9 Å². The van der Waals surface area contributed by atoms with Crippen LogP contribution in [-0.2, 0) is 32.0 Å². The number of nitrogens with zero attached hydrogens (tertiary/aromatic N) is 2. The number of aromatic amines is 2. The molecular formula is C38H55N9O5. The number of imidazole rings is 2. The topological polar surface area (TPSA) is 220 Å². The predicted octanol–water partition coefficient (Wildman–Crippen LogP) is 2.49. The maximum atomic E-state index is 14.2. The number of hydrogen-bond donors (Lipinski definition) is 8. The molecule has 2 unspecified atom stereocenters. The fourth-order valence-corrected chi connectivity index (χ4v) is 7.11. The molecule has 0 spiro atoms. The molecule has 2 aliphatic carbocycles. The smallest absolute Gasteiger partial charge is 0.243 e. The molecule has 2 saturated carbocycles. The summed E-state index contributed by atoms with van der Waals surface area (Å²) >= 11 is 0. The Kier molecular flexibility index (Phi) is 14.8. The van der Waals surface area contributed by atoms with Gasteiger partial charge in [-0.15, -0.1) is 0 Å². The van der Waals surface area contributed by atoms with Gasteiger partial charge in [0, 0.05) is 43.0 Å². The highest BCUT2D eigenvalue weighted by molar-refractivity contribution is 5.94. The van der Waals surface area contributed by atoms with Crippen molar-refractivity contribution >= 4 is 23.6 Å². The van der Waals surface area contributed by atoms with Crippen molar-refractivity contribution in [2.45, 2.75) is 120 Å². The van der Waals surface area contributed by atoms with Crippen LogP contribution in [0.25, 0.3) is 0 Å². The van der Waals surface area contributed by atoms with Gasteiger partial charge in [0.1, 0.15) is 30.1 Å². The van der Waals surface area contributed by atoms with E-state index in [1.807, 2.05) is 30.3 Å². The van der Waals surface area contributed by atoms with Crippen LogP contribution in [-0.4, -0.2) is 79.4 Å². The fourth-order valence-electron chi connectivity index (χ4n) is 7.11. The normalized spacial score (nSPS) is 17.9. The molecule has 2 aliphatic rings. The first-order valence-corrected chi connectivity index (χ1v) is 18.9. The summed E-state index contributed by atoms with van der Waals surface area (Å²) in [6, 6.07) is 5.68. The predicted molar refractivity (Wildman–Crippen MR) is 195 cm³/mol. The van der Waals surface area contributed by atoms with Crippen LogP contribution in [0.15, 0.2) is 55.2 Å². The Bertz CT molecular complexity index is 1530. The number of carbonyl (C=O) groups is 4. The van der Waals surface area contributed by atoms with E-state index < -0.39 is 48.0 Å². The minimum Gasteiger partial charge on any atom is -0.383 e. The zero-order valence-corrected chi connectivity index (χ0v) is 29.9. The van der Waals surface area contributed by atoms with Gasteiger partial charge in [-0.2, -0.15) is 0 Å². The number of unbranched alkanes of at least 4 members (excludes halogenated alkanes) is 1. The van der Waals surface area contributed by atoms with E-state index in [-0.39, 0.29) is 24.7 Å². The molecule has 5 rings (SSSR count). The number of aromatic nitrogens is 4. The Morgan fingerprint density at radius 2 is 1.54 bits per heavy atom. The molecule has 1 aromatic carbocycles. The van der Waals surface area contributed by atoms with Crippen molar-refractivity contribution in [2.24, 2.45) is 17.6 Å². The van der Waals surface area contributed by atoms with Gasteiger partial charge in [-0.3, -0.25) is 19.2 Å². The highest BCUT2D eigenvalue weighted by atomic mass is 16.3. The molecule has 0 aliphatic heterocycles. The van der Waals surface area contributed by atoms with Gasteiger partial charge in [0.25, 0.3) is 0 Å². The van der Waals surface area contributed by atoms with E-state index in [4.69, 9.17) is 5.73 Å². The largest absolute Gasteiger partial charge is 0.383 e. The van der Waals surface area contributed by atoms with Gasteiger partial charge in [0.05, 0.1) is 12.4 Å². The number of nitrogens with one attached hydrogen (secondary N) is 6. The summed E-state index contributed by atoms with van der Waals surface area (Å²) in [6.45, 7) is 0.462. The molecule has 5 atom stereocenters. The number of aliphatic hydroxyl groups excluding tert-OH is 1. The second kappa shape index (κ2) is 19.9. The summed E-state index contributed by atoms with van der Waals surface area (Å²) in [6.07, 6.45) is 15.7. The van der Waals surface area contributed by atoms with Crippen molar-refractivity contribution in [1.29, 1.82) is 0 Å². The van der Waals surface area contributed by atoms with Gasteiger partial charge in [-0.25, -0.2) is 9.97 Å². The summed E-state index contributed by atoms with van der Waals surface area (Å²) in [5.74, 6) is -1.08. The molecule has 4 amide bonds. The molecule has 0 radical (unpaired) electrons. The lowest BCUT2D eigenvalue weighted by Gasteiger charge is -2.31. The van der Waals surface area contributed by atoms with Crippen LogP contribution in [0.5, 0.6) is 0 Å².